The van der Waals surface area contributed by atoms with Crippen molar-refractivity contribution >= 4 is 33.9 Å². The van der Waals surface area contributed by atoms with Gasteiger partial charge in [0.05, 0.1) is 11.9 Å². The maximum Gasteiger partial charge on any atom is 0.293 e. The number of carbonyl (C=O) groups excluding carboxylic acids is 1. The number of benzene rings is 1. The molecular formula is C17H20BrN9O2. The number of rotatable bonds is 8. The fraction of sp³-hybridized carbons (Fsp3) is 0.294. The molecule has 0 aliphatic heterocycles. The quantitative estimate of drug-likeness (QED) is 0.380. The van der Waals surface area contributed by atoms with Crippen LogP contribution in [0.4, 0.5) is 5.82 Å². The number of amides is 1. The third kappa shape index (κ3) is 4.84. The highest BCUT2D eigenvalue weighted by Crippen LogP contribution is 2.17. The maximum absolute atomic E-state index is 12.7. The summed E-state index contributed by atoms with van der Waals surface area (Å²) in [5, 5.41) is 19.3. The summed E-state index contributed by atoms with van der Waals surface area (Å²) in [6.45, 7) is 5.99. The van der Waals surface area contributed by atoms with Gasteiger partial charge in [-0.2, -0.15) is 9.78 Å². The van der Waals surface area contributed by atoms with Gasteiger partial charge >= 0.3 is 0 Å². The molecule has 0 unspecified atom stereocenters. The first-order chi connectivity index (χ1) is 14.0. The van der Waals surface area contributed by atoms with E-state index in [1.807, 2.05) is 38.1 Å². The molecule has 11 nitrogen and oxygen atoms in total. The van der Waals surface area contributed by atoms with E-state index in [2.05, 4.69) is 56.6 Å². The van der Waals surface area contributed by atoms with E-state index in [-0.39, 0.29) is 17.3 Å². The van der Waals surface area contributed by atoms with Gasteiger partial charge in [-0.3, -0.25) is 9.69 Å². The van der Waals surface area contributed by atoms with Crippen LogP contribution in [0.25, 0.3) is 5.82 Å². The first-order valence-electron chi connectivity index (χ1n) is 8.87. The molecule has 0 atom stereocenters. The van der Waals surface area contributed by atoms with Crippen molar-refractivity contribution in [2.24, 2.45) is 5.10 Å². The first kappa shape index (κ1) is 20.6. The molecule has 29 heavy (non-hydrogen) atoms. The number of carbonyl (C=O) groups is 1. The lowest BCUT2D eigenvalue weighted by atomic mass is 10.2. The normalized spacial score (nSPS) is 11.4. The summed E-state index contributed by atoms with van der Waals surface area (Å²) in [6.07, 6.45) is 1.54. The highest BCUT2D eigenvalue weighted by Gasteiger charge is 2.24. The molecule has 0 aliphatic rings. The fourth-order valence-corrected chi connectivity index (χ4v) is 3.01. The number of hydrogen-bond donors (Lipinski definition) is 2. The number of nitrogens with one attached hydrogen (secondary N) is 1. The van der Waals surface area contributed by atoms with E-state index in [9.17, 15) is 4.79 Å². The van der Waals surface area contributed by atoms with Crippen LogP contribution < -0.4 is 11.2 Å². The highest BCUT2D eigenvalue weighted by molar-refractivity contribution is 9.10. The molecule has 1 amide bonds. The van der Waals surface area contributed by atoms with E-state index in [1.165, 1.54) is 10.9 Å². The van der Waals surface area contributed by atoms with E-state index in [0.29, 0.717) is 12.2 Å². The maximum atomic E-state index is 12.7. The standard InChI is InChI=1S/C17H20BrN9O2/c1-3-26(4-2)10-13-14(21-25-27(13)16-15(19)23-29-24-16)17(28)22-20-9-11-6-5-7-12(18)8-11/h5-9H,3-4,10H2,1-2H3,(H2,19,23)(H,22,28). The lowest BCUT2D eigenvalue weighted by Gasteiger charge is -2.18. The van der Waals surface area contributed by atoms with E-state index in [1.54, 1.807) is 0 Å². The van der Waals surface area contributed by atoms with Crippen LogP contribution in [-0.4, -0.2) is 55.4 Å². The molecule has 0 saturated heterocycles. The lowest BCUT2D eigenvalue weighted by molar-refractivity contribution is 0.0948. The zero-order chi connectivity index (χ0) is 20.8. The molecule has 1 aromatic carbocycles. The molecular weight excluding hydrogens is 442 g/mol. The van der Waals surface area contributed by atoms with Crippen LogP contribution in [0, 0.1) is 0 Å². The molecule has 0 aliphatic carbocycles. The van der Waals surface area contributed by atoms with Gasteiger partial charge in [-0.25, -0.2) is 10.1 Å². The molecule has 0 saturated carbocycles. The van der Waals surface area contributed by atoms with Crippen molar-refractivity contribution in [3.63, 3.8) is 0 Å². The molecule has 3 aromatic rings. The third-order valence-corrected chi connectivity index (χ3v) is 4.66. The molecule has 0 fully saturated rings. The molecule has 0 bridgehead atoms. The number of hydrogen-bond acceptors (Lipinski definition) is 9. The van der Waals surface area contributed by atoms with Crippen molar-refractivity contribution in [2.45, 2.75) is 20.4 Å². The number of aromatic nitrogens is 5. The number of halogens is 1. The monoisotopic (exact) mass is 461 g/mol. The van der Waals surface area contributed by atoms with Gasteiger partial charge < -0.3 is 5.73 Å². The van der Waals surface area contributed by atoms with Crippen molar-refractivity contribution in [1.82, 2.24) is 35.6 Å². The smallest absolute Gasteiger partial charge is 0.293 e. The predicted molar refractivity (Wildman–Crippen MR) is 109 cm³/mol. The summed E-state index contributed by atoms with van der Waals surface area (Å²) < 4.78 is 6.92. The number of hydrazone groups is 1. The lowest BCUT2D eigenvalue weighted by Crippen LogP contribution is -2.27. The molecule has 152 valence electrons. The molecule has 2 heterocycles. The molecule has 12 heteroatoms. The van der Waals surface area contributed by atoms with Gasteiger partial charge in [0.1, 0.15) is 0 Å². The summed E-state index contributed by atoms with van der Waals surface area (Å²) in [5.41, 5.74) is 9.71. The Morgan fingerprint density at radius 1 is 1.38 bits per heavy atom. The molecule has 2 aromatic heterocycles. The number of nitrogens with zero attached hydrogens (tertiary/aromatic N) is 7. The van der Waals surface area contributed by atoms with Crippen molar-refractivity contribution in [2.75, 3.05) is 18.8 Å². The average Bonchev–Trinajstić information content (AvgIpc) is 3.31. The summed E-state index contributed by atoms with van der Waals surface area (Å²) in [4.78, 5) is 14.8. The number of anilines is 1. The van der Waals surface area contributed by atoms with Gasteiger partial charge in [0.25, 0.3) is 5.91 Å². The Morgan fingerprint density at radius 2 is 2.17 bits per heavy atom. The third-order valence-electron chi connectivity index (χ3n) is 4.17. The SMILES string of the molecule is CCN(CC)Cc1c(C(=O)NN=Cc2cccc(Br)c2)nnn1-c1nonc1N. The Kier molecular flexibility index (Phi) is 6.67. The van der Waals surface area contributed by atoms with Crippen LogP contribution in [0.3, 0.4) is 0 Å². The van der Waals surface area contributed by atoms with Crippen molar-refractivity contribution in [3.8, 4) is 5.82 Å². The zero-order valence-electron chi connectivity index (χ0n) is 15.9. The Balaban J connectivity index is 1.86. The number of nitrogens with two attached hydrogens (primary N) is 1. The van der Waals surface area contributed by atoms with Crippen LogP contribution in [0.15, 0.2) is 38.5 Å². The topological polar surface area (TPSA) is 140 Å². The van der Waals surface area contributed by atoms with E-state index < -0.39 is 5.91 Å². The number of nitrogen functional groups attached to an aromatic ring is 1. The van der Waals surface area contributed by atoms with E-state index >= 15 is 0 Å². The van der Waals surface area contributed by atoms with Crippen LogP contribution in [-0.2, 0) is 6.54 Å². The first-order valence-corrected chi connectivity index (χ1v) is 9.67. The Labute approximate surface area is 175 Å². The van der Waals surface area contributed by atoms with Gasteiger partial charge in [0.2, 0.25) is 11.6 Å². The Hall–Kier alpha value is -3.12. The molecule has 0 radical (unpaired) electrons. The minimum Gasteiger partial charge on any atom is -0.378 e. The minimum absolute atomic E-state index is 0.0512. The van der Waals surface area contributed by atoms with Crippen molar-refractivity contribution in [3.05, 3.63) is 45.7 Å². The summed E-state index contributed by atoms with van der Waals surface area (Å²) in [7, 11) is 0. The fourth-order valence-electron chi connectivity index (χ4n) is 2.59. The summed E-state index contributed by atoms with van der Waals surface area (Å²) in [6, 6.07) is 7.51. The van der Waals surface area contributed by atoms with Crippen molar-refractivity contribution < 1.29 is 9.42 Å². The second-order valence-corrected chi connectivity index (χ2v) is 6.90. The van der Waals surface area contributed by atoms with Gasteiger partial charge in [-0.05, 0) is 41.1 Å². The van der Waals surface area contributed by atoms with Crippen LogP contribution in [0.5, 0.6) is 0 Å². The van der Waals surface area contributed by atoms with E-state index in [4.69, 9.17) is 5.73 Å². The highest BCUT2D eigenvalue weighted by atomic mass is 79.9. The van der Waals surface area contributed by atoms with Crippen LogP contribution in [0.1, 0.15) is 35.6 Å². The largest absolute Gasteiger partial charge is 0.378 e. The zero-order valence-corrected chi connectivity index (χ0v) is 17.5. The minimum atomic E-state index is -0.500. The van der Waals surface area contributed by atoms with Gasteiger partial charge in [0, 0.05) is 11.0 Å². The van der Waals surface area contributed by atoms with Gasteiger partial charge in [-0.1, -0.05) is 47.1 Å². The summed E-state index contributed by atoms with van der Waals surface area (Å²) in [5.74, 6) is -0.272. The van der Waals surface area contributed by atoms with Crippen LogP contribution in [0.2, 0.25) is 0 Å². The van der Waals surface area contributed by atoms with Gasteiger partial charge in [0.15, 0.2) is 5.69 Å². The Morgan fingerprint density at radius 3 is 2.83 bits per heavy atom. The van der Waals surface area contributed by atoms with Crippen molar-refractivity contribution in [1.29, 1.82) is 0 Å². The molecule has 3 rings (SSSR count). The van der Waals surface area contributed by atoms with Crippen LogP contribution >= 0.6 is 15.9 Å². The summed E-state index contributed by atoms with van der Waals surface area (Å²) >= 11 is 3.39. The Bertz CT molecular complexity index is 1010. The van der Waals surface area contributed by atoms with E-state index in [0.717, 1.165) is 23.1 Å². The predicted octanol–water partition coefficient (Wildman–Crippen LogP) is 1.60. The second-order valence-electron chi connectivity index (χ2n) is 5.99. The molecule has 3 N–H and O–H groups in total. The molecule has 0 spiro atoms. The van der Waals surface area contributed by atoms with Gasteiger partial charge in [-0.15, -0.1) is 5.10 Å². The second kappa shape index (κ2) is 9.39. The average molecular weight is 462 g/mol.